The summed E-state index contributed by atoms with van der Waals surface area (Å²) in [5, 5.41) is 14.4. The molecule has 1 aromatic heterocycles. The average molecular weight is 438 g/mol. The molecule has 7 heteroatoms. The third-order valence-electron chi connectivity index (χ3n) is 3.07. The maximum atomic E-state index is 12.0. The van der Waals surface area contributed by atoms with Gasteiger partial charge in [-0.25, -0.2) is 5.43 Å². The number of halogens is 2. The number of carbonyl (C=O) groups excluding carboxylic acids is 1. The summed E-state index contributed by atoms with van der Waals surface area (Å²) in [7, 11) is 0. The number of aromatic hydroxyl groups is 1. The molecule has 0 bridgehead atoms. The summed E-state index contributed by atoms with van der Waals surface area (Å²) in [6.07, 6.45) is 1.47. The van der Waals surface area contributed by atoms with E-state index in [1.165, 1.54) is 6.21 Å². The van der Waals surface area contributed by atoms with Crippen LogP contribution in [0.2, 0.25) is 0 Å². The van der Waals surface area contributed by atoms with E-state index in [4.69, 9.17) is 4.42 Å². The van der Waals surface area contributed by atoms with Gasteiger partial charge in [0.05, 0.1) is 15.2 Å². The number of carbonyl (C=O) groups is 1. The van der Waals surface area contributed by atoms with E-state index in [1.807, 2.05) is 18.2 Å². The van der Waals surface area contributed by atoms with Crippen molar-refractivity contribution in [1.82, 2.24) is 5.43 Å². The van der Waals surface area contributed by atoms with Crippen molar-refractivity contribution < 1.29 is 14.3 Å². The van der Waals surface area contributed by atoms with Gasteiger partial charge in [0.2, 0.25) is 0 Å². The Morgan fingerprint density at radius 3 is 2.57 bits per heavy atom. The first-order valence-corrected chi connectivity index (χ1v) is 8.13. The number of fused-ring (bicyclic) bond motifs is 1. The smallest absolute Gasteiger partial charge is 0.307 e. The second kappa shape index (κ2) is 6.55. The van der Waals surface area contributed by atoms with Gasteiger partial charge in [-0.05, 0) is 61.7 Å². The zero-order valence-electron chi connectivity index (χ0n) is 11.6. The van der Waals surface area contributed by atoms with Crippen LogP contribution in [0.5, 0.6) is 5.75 Å². The fraction of sp³-hybridized carbons (Fsp3) is 0. The molecular formula is C16H10Br2N2O3. The lowest BCUT2D eigenvalue weighted by Gasteiger charge is -2.02. The molecule has 2 aromatic carbocycles. The Morgan fingerprint density at radius 2 is 1.87 bits per heavy atom. The molecule has 0 saturated heterocycles. The Morgan fingerprint density at radius 1 is 1.17 bits per heavy atom. The molecule has 0 unspecified atom stereocenters. The zero-order chi connectivity index (χ0) is 16.4. The fourth-order valence-electron chi connectivity index (χ4n) is 1.97. The lowest BCUT2D eigenvalue weighted by Crippen LogP contribution is -2.16. The number of hydrogen-bond acceptors (Lipinski definition) is 4. The first kappa shape index (κ1) is 15.8. The van der Waals surface area contributed by atoms with Crippen molar-refractivity contribution in [3.8, 4) is 5.75 Å². The number of nitrogens with one attached hydrogen (secondary N) is 1. The van der Waals surface area contributed by atoms with Crippen LogP contribution in [0.1, 0.15) is 16.1 Å². The number of hydrazone groups is 1. The molecule has 1 amide bonds. The highest BCUT2D eigenvalue weighted by Gasteiger charge is 2.11. The molecule has 0 fully saturated rings. The predicted octanol–water partition coefficient (Wildman–Crippen LogP) is 4.43. The van der Waals surface area contributed by atoms with Crippen LogP contribution in [0.25, 0.3) is 11.0 Å². The minimum atomic E-state index is -0.436. The standard InChI is InChI=1S/C16H10Br2N2O3/c17-11-5-9(6-12(18)15(11)21)8-19-20-16(22)14-7-10-3-1-2-4-13(10)23-14/h1-8,21H,(H,20,22)/b19-8+. The molecule has 1 heterocycles. The molecule has 0 spiro atoms. The summed E-state index contributed by atoms with van der Waals surface area (Å²) < 4.78 is 6.50. The largest absolute Gasteiger partial charge is 0.506 e. The van der Waals surface area contributed by atoms with Crippen LogP contribution in [0, 0.1) is 0 Å². The fourth-order valence-corrected chi connectivity index (χ4v) is 3.20. The highest BCUT2D eigenvalue weighted by molar-refractivity contribution is 9.11. The van der Waals surface area contributed by atoms with Crippen LogP contribution >= 0.6 is 31.9 Å². The number of hydrogen-bond donors (Lipinski definition) is 2. The van der Waals surface area contributed by atoms with E-state index >= 15 is 0 Å². The second-order valence-corrected chi connectivity index (χ2v) is 6.39. The van der Waals surface area contributed by atoms with Gasteiger partial charge in [0.1, 0.15) is 11.3 Å². The van der Waals surface area contributed by atoms with Crippen LogP contribution < -0.4 is 5.43 Å². The maximum absolute atomic E-state index is 12.0. The summed E-state index contributed by atoms with van der Waals surface area (Å²) in [5.74, 6) is -0.140. The van der Waals surface area contributed by atoms with Crippen LogP contribution in [0.3, 0.4) is 0 Å². The summed E-state index contributed by atoms with van der Waals surface area (Å²) in [6, 6.07) is 12.4. The summed E-state index contributed by atoms with van der Waals surface area (Å²) >= 11 is 6.46. The van der Waals surface area contributed by atoms with Crippen molar-refractivity contribution >= 4 is 55.0 Å². The van der Waals surface area contributed by atoms with Gasteiger partial charge in [-0.1, -0.05) is 18.2 Å². The third-order valence-corrected chi connectivity index (χ3v) is 4.28. The first-order chi connectivity index (χ1) is 11.0. The average Bonchev–Trinajstić information content (AvgIpc) is 2.96. The van der Waals surface area contributed by atoms with Gasteiger partial charge in [-0.15, -0.1) is 0 Å². The molecule has 3 aromatic rings. The number of para-hydroxylation sites is 1. The normalized spacial score (nSPS) is 11.2. The summed E-state index contributed by atoms with van der Waals surface area (Å²) in [5.41, 5.74) is 3.75. The van der Waals surface area contributed by atoms with E-state index < -0.39 is 5.91 Å². The van der Waals surface area contributed by atoms with Gasteiger partial charge in [0.15, 0.2) is 5.76 Å². The Labute approximate surface area is 148 Å². The minimum absolute atomic E-state index is 0.105. The number of amides is 1. The molecule has 116 valence electrons. The third kappa shape index (κ3) is 3.46. The van der Waals surface area contributed by atoms with Crippen LogP contribution in [-0.2, 0) is 0 Å². The monoisotopic (exact) mass is 436 g/mol. The van der Waals surface area contributed by atoms with Crippen molar-refractivity contribution in [3.05, 3.63) is 62.7 Å². The molecule has 2 N–H and O–H groups in total. The zero-order valence-corrected chi connectivity index (χ0v) is 14.8. The summed E-state index contributed by atoms with van der Waals surface area (Å²) in [6.45, 7) is 0. The molecule has 0 atom stereocenters. The van der Waals surface area contributed by atoms with Gasteiger partial charge in [-0.2, -0.15) is 5.10 Å². The SMILES string of the molecule is O=C(N/N=C/c1cc(Br)c(O)c(Br)c1)c1cc2ccccc2o1. The Hall–Kier alpha value is -2.12. The van der Waals surface area contributed by atoms with Crippen LogP contribution in [0.4, 0.5) is 0 Å². The van der Waals surface area contributed by atoms with Gasteiger partial charge in [0.25, 0.3) is 0 Å². The van der Waals surface area contributed by atoms with Crippen molar-refractivity contribution in [2.24, 2.45) is 5.10 Å². The van der Waals surface area contributed by atoms with E-state index in [0.717, 1.165) is 5.39 Å². The Kier molecular flexibility index (Phi) is 4.49. The molecule has 0 aliphatic carbocycles. The lowest BCUT2D eigenvalue weighted by molar-refractivity contribution is 0.0929. The molecular weight excluding hydrogens is 428 g/mol. The molecule has 0 aliphatic rings. The van der Waals surface area contributed by atoms with Gasteiger partial charge in [0, 0.05) is 5.39 Å². The van der Waals surface area contributed by atoms with E-state index in [9.17, 15) is 9.90 Å². The topological polar surface area (TPSA) is 74.8 Å². The van der Waals surface area contributed by atoms with Crippen molar-refractivity contribution in [2.45, 2.75) is 0 Å². The minimum Gasteiger partial charge on any atom is -0.506 e. The van der Waals surface area contributed by atoms with Crippen molar-refractivity contribution in [2.75, 3.05) is 0 Å². The number of benzene rings is 2. The van der Waals surface area contributed by atoms with Gasteiger partial charge < -0.3 is 9.52 Å². The first-order valence-electron chi connectivity index (χ1n) is 6.54. The second-order valence-electron chi connectivity index (χ2n) is 4.68. The molecule has 23 heavy (non-hydrogen) atoms. The number of furan rings is 1. The molecule has 5 nitrogen and oxygen atoms in total. The van der Waals surface area contributed by atoms with Crippen molar-refractivity contribution in [3.63, 3.8) is 0 Å². The number of phenols is 1. The number of rotatable bonds is 3. The number of nitrogens with zero attached hydrogens (tertiary/aromatic N) is 1. The number of phenolic OH excluding ortho intramolecular Hbond substituents is 1. The molecule has 0 saturated carbocycles. The van der Waals surface area contributed by atoms with Crippen LogP contribution in [-0.4, -0.2) is 17.2 Å². The highest BCUT2D eigenvalue weighted by atomic mass is 79.9. The Bertz CT molecular complexity index is 863. The van der Waals surface area contributed by atoms with E-state index in [2.05, 4.69) is 42.4 Å². The highest BCUT2D eigenvalue weighted by Crippen LogP contribution is 2.32. The summed E-state index contributed by atoms with van der Waals surface area (Å²) in [4.78, 5) is 12.0. The van der Waals surface area contributed by atoms with Gasteiger partial charge in [-0.3, -0.25) is 4.79 Å². The Balaban J connectivity index is 1.73. The van der Waals surface area contributed by atoms with E-state index in [-0.39, 0.29) is 11.5 Å². The predicted molar refractivity (Wildman–Crippen MR) is 94.8 cm³/mol. The van der Waals surface area contributed by atoms with Crippen molar-refractivity contribution in [1.29, 1.82) is 0 Å². The molecule has 0 aliphatic heterocycles. The van der Waals surface area contributed by atoms with E-state index in [0.29, 0.717) is 20.1 Å². The lowest BCUT2D eigenvalue weighted by atomic mass is 10.2. The maximum Gasteiger partial charge on any atom is 0.307 e. The van der Waals surface area contributed by atoms with E-state index in [1.54, 1.807) is 24.3 Å². The molecule has 3 rings (SSSR count). The van der Waals surface area contributed by atoms with Gasteiger partial charge >= 0.3 is 5.91 Å². The molecule has 0 radical (unpaired) electrons. The quantitative estimate of drug-likeness (QED) is 0.470. The van der Waals surface area contributed by atoms with Crippen LogP contribution in [0.15, 0.2) is 60.9 Å².